The van der Waals surface area contributed by atoms with Crippen LogP contribution in [0.2, 0.25) is 5.02 Å². The average molecular weight is 330 g/mol. The molecule has 0 atom stereocenters. The molecule has 2 aromatic carbocycles. The zero-order valence-electron chi connectivity index (χ0n) is 11.0. The van der Waals surface area contributed by atoms with Gasteiger partial charge in [-0.1, -0.05) is 17.7 Å². The summed E-state index contributed by atoms with van der Waals surface area (Å²) in [4.78, 5) is 11.8. The van der Waals surface area contributed by atoms with Crippen LogP contribution in [0.1, 0.15) is 5.56 Å². The number of carbonyl (C=O) groups is 1. The highest BCUT2D eigenvalue weighted by molar-refractivity contribution is 6.30. The lowest BCUT2D eigenvalue weighted by molar-refractivity contribution is -0.136. The maximum Gasteiger partial charge on any atom is 0.418 e. The number of nitrogens with two attached hydrogens (primary N) is 1. The molecule has 2 rings (SSSR count). The number of benzene rings is 2. The second kappa shape index (κ2) is 6.15. The van der Waals surface area contributed by atoms with Crippen molar-refractivity contribution in [3.05, 3.63) is 53.1 Å². The van der Waals surface area contributed by atoms with E-state index in [4.69, 9.17) is 17.3 Å². The van der Waals surface area contributed by atoms with Crippen LogP contribution in [0.4, 0.5) is 35.0 Å². The van der Waals surface area contributed by atoms with Crippen LogP contribution < -0.4 is 16.4 Å². The normalized spacial score (nSPS) is 11.1. The summed E-state index contributed by atoms with van der Waals surface area (Å²) < 4.78 is 38.2. The summed E-state index contributed by atoms with van der Waals surface area (Å²) in [5, 5.41) is 5.18. The summed E-state index contributed by atoms with van der Waals surface area (Å²) >= 11 is 5.77. The number of rotatable bonds is 2. The molecule has 0 saturated carbocycles. The lowest BCUT2D eigenvalue weighted by atomic mass is 10.1. The smallest absolute Gasteiger partial charge is 0.398 e. The van der Waals surface area contributed by atoms with Crippen LogP contribution in [0, 0.1) is 0 Å². The van der Waals surface area contributed by atoms with Gasteiger partial charge in [-0.3, -0.25) is 0 Å². The zero-order chi connectivity index (χ0) is 16.3. The minimum absolute atomic E-state index is 0.0268. The topological polar surface area (TPSA) is 67.1 Å². The van der Waals surface area contributed by atoms with Gasteiger partial charge in [-0.05, 0) is 36.4 Å². The minimum atomic E-state index is -4.59. The van der Waals surface area contributed by atoms with Crippen molar-refractivity contribution in [1.29, 1.82) is 0 Å². The second-order valence-electron chi connectivity index (χ2n) is 4.39. The molecule has 0 aromatic heterocycles. The third-order valence-corrected chi connectivity index (χ3v) is 2.93. The average Bonchev–Trinajstić information content (AvgIpc) is 2.39. The van der Waals surface area contributed by atoms with Gasteiger partial charge in [-0.25, -0.2) is 4.79 Å². The maximum atomic E-state index is 12.7. The van der Waals surface area contributed by atoms with Gasteiger partial charge in [0.2, 0.25) is 0 Å². The van der Waals surface area contributed by atoms with Crippen LogP contribution in [-0.4, -0.2) is 6.03 Å². The molecule has 0 saturated heterocycles. The van der Waals surface area contributed by atoms with Gasteiger partial charge in [0.05, 0.1) is 5.56 Å². The van der Waals surface area contributed by atoms with Crippen LogP contribution in [-0.2, 0) is 6.18 Å². The van der Waals surface area contributed by atoms with Crippen molar-refractivity contribution in [3.8, 4) is 0 Å². The largest absolute Gasteiger partial charge is 0.418 e. The van der Waals surface area contributed by atoms with Crippen LogP contribution >= 0.6 is 11.6 Å². The number of anilines is 3. The van der Waals surface area contributed by atoms with Crippen molar-refractivity contribution in [2.75, 3.05) is 16.4 Å². The minimum Gasteiger partial charge on any atom is -0.398 e. The first-order valence-electron chi connectivity index (χ1n) is 6.06. The molecule has 8 heteroatoms. The molecule has 0 spiro atoms. The molecule has 0 heterocycles. The van der Waals surface area contributed by atoms with E-state index in [1.165, 1.54) is 12.1 Å². The van der Waals surface area contributed by atoms with Gasteiger partial charge in [-0.15, -0.1) is 0 Å². The molecule has 0 fully saturated rings. The first kappa shape index (κ1) is 16.0. The highest BCUT2D eigenvalue weighted by Crippen LogP contribution is 2.35. The summed E-state index contributed by atoms with van der Waals surface area (Å²) in [5.41, 5.74) is 4.25. The van der Waals surface area contributed by atoms with Gasteiger partial charge in [0, 0.05) is 22.1 Å². The number of nitrogen functional groups attached to an aromatic ring is 1. The van der Waals surface area contributed by atoms with E-state index in [0.717, 1.165) is 12.1 Å². The Morgan fingerprint density at radius 2 is 1.68 bits per heavy atom. The van der Waals surface area contributed by atoms with Gasteiger partial charge in [-0.2, -0.15) is 13.2 Å². The summed E-state index contributed by atoms with van der Waals surface area (Å²) in [6.45, 7) is 0. The number of nitrogens with one attached hydrogen (secondary N) is 2. The Hall–Kier alpha value is -2.41. The predicted octanol–water partition coefficient (Wildman–Crippen LogP) is 4.59. The standard InChI is InChI=1S/C14H11ClF3N3O/c15-8-2-1-3-9(6-8)20-13(22)21-10-4-5-12(19)11(7-10)14(16,17)18/h1-7H,19H2,(H2,20,21,22). The summed E-state index contributed by atoms with van der Waals surface area (Å²) in [6.07, 6.45) is -4.59. The number of hydrogen-bond acceptors (Lipinski definition) is 2. The van der Waals surface area contributed by atoms with Gasteiger partial charge in [0.15, 0.2) is 0 Å². The summed E-state index contributed by atoms with van der Waals surface area (Å²) in [7, 11) is 0. The van der Waals surface area contributed by atoms with Crippen molar-refractivity contribution < 1.29 is 18.0 Å². The fourth-order valence-corrected chi connectivity index (χ4v) is 1.93. The molecule has 0 aliphatic rings. The fraction of sp³-hybridized carbons (Fsp3) is 0.0714. The van der Waals surface area contributed by atoms with E-state index < -0.39 is 23.5 Å². The Labute approximate surface area is 129 Å². The van der Waals surface area contributed by atoms with Crippen LogP contribution in [0.5, 0.6) is 0 Å². The van der Waals surface area contributed by atoms with Crippen LogP contribution in [0.15, 0.2) is 42.5 Å². The quantitative estimate of drug-likeness (QED) is 0.706. The van der Waals surface area contributed by atoms with E-state index >= 15 is 0 Å². The number of urea groups is 1. The molecule has 2 amide bonds. The SMILES string of the molecule is Nc1ccc(NC(=O)Nc2cccc(Cl)c2)cc1C(F)(F)F. The molecule has 0 aliphatic carbocycles. The molecule has 2 aromatic rings. The molecular weight excluding hydrogens is 319 g/mol. The Kier molecular flexibility index (Phi) is 4.46. The molecule has 0 aliphatic heterocycles. The number of hydrogen-bond donors (Lipinski definition) is 3. The molecule has 0 bridgehead atoms. The number of amides is 2. The molecule has 116 valence electrons. The van der Waals surface area contributed by atoms with E-state index in [9.17, 15) is 18.0 Å². The number of halogens is 4. The van der Waals surface area contributed by atoms with E-state index in [-0.39, 0.29) is 5.69 Å². The Morgan fingerprint density at radius 3 is 2.27 bits per heavy atom. The molecule has 0 radical (unpaired) electrons. The Bertz CT molecular complexity index is 704. The predicted molar refractivity (Wildman–Crippen MR) is 79.9 cm³/mol. The fourth-order valence-electron chi connectivity index (χ4n) is 1.74. The van der Waals surface area contributed by atoms with Crippen LogP contribution in [0.25, 0.3) is 0 Å². The maximum absolute atomic E-state index is 12.7. The van der Waals surface area contributed by atoms with E-state index in [0.29, 0.717) is 10.7 Å². The first-order chi connectivity index (χ1) is 10.3. The van der Waals surface area contributed by atoms with Gasteiger partial charge in [0.1, 0.15) is 0 Å². The van der Waals surface area contributed by atoms with Crippen LogP contribution in [0.3, 0.4) is 0 Å². The number of carbonyl (C=O) groups excluding carboxylic acids is 1. The summed E-state index contributed by atoms with van der Waals surface area (Å²) in [5.74, 6) is 0. The van der Waals surface area contributed by atoms with Crippen molar-refractivity contribution >= 4 is 34.7 Å². The lowest BCUT2D eigenvalue weighted by Crippen LogP contribution is -2.20. The van der Waals surface area contributed by atoms with Crippen molar-refractivity contribution in [2.24, 2.45) is 0 Å². The van der Waals surface area contributed by atoms with Crippen molar-refractivity contribution in [2.45, 2.75) is 6.18 Å². The highest BCUT2D eigenvalue weighted by Gasteiger charge is 2.33. The molecule has 0 unspecified atom stereocenters. The molecular formula is C14H11ClF3N3O. The van der Waals surface area contributed by atoms with Crippen molar-refractivity contribution in [3.63, 3.8) is 0 Å². The molecule has 4 N–H and O–H groups in total. The lowest BCUT2D eigenvalue weighted by Gasteiger charge is -2.13. The monoisotopic (exact) mass is 329 g/mol. The Balaban J connectivity index is 2.12. The number of alkyl halides is 3. The molecule has 4 nitrogen and oxygen atoms in total. The third-order valence-electron chi connectivity index (χ3n) is 2.70. The van der Waals surface area contributed by atoms with E-state index in [1.54, 1.807) is 18.2 Å². The van der Waals surface area contributed by atoms with Gasteiger partial charge < -0.3 is 16.4 Å². The molecule has 22 heavy (non-hydrogen) atoms. The van der Waals surface area contributed by atoms with Gasteiger partial charge >= 0.3 is 12.2 Å². The highest BCUT2D eigenvalue weighted by atomic mass is 35.5. The second-order valence-corrected chi connectivity index (χ2v) is 4.83. The zero-order valence-corrected chi connectivity index (χ0v) is 11.8. The Morgan fingerprint density at radius 1 is 1.05 bits per heavy atom. The van der Waals surface area contributed by atoms with E-state index in [1.807, 2.05) is 0 Å². The first-order valence-corrected chi connectivity index (χ1v) is 6.44. The van der Waals surface area contributed by atoms with Gasteiger partial charge in [0.25, 0.3) is 0 Å². The van der Waals surface area contributed by atoms with Crippen molar-refractivity contribution in [1.82, 2.24) is 0 Å². The van der Waals surface area contributed by atoms with E-state index in [2.05, 4.69) is 10.6 Å². The third kappa shape index (κ3) is 4.05. The summed E-state index contributed by atoms with van der Waals surface area (Å²) in [6, 6.07) is 8.79.